The number of ether oxygens (including phenoxy) is 1. The number of aliphatic carboxylic acids is 1. The average Bonchev–Trinajstić information content (AvgIpc) is 3.12. The van der Waals surface area contributed by atoms with Crippen LogP contribution in [0.2, 0.25) is 0 Å². The van der Waals surface area contributed by atoms with Crippen molar-refractivity contribution in [3.05, 3.63) is 47.6 Å². The first-order valence-corrected chi connectivity index (χ1v) is 10.0. The van der Waals surface area contributed by atoms with E-state index in [0.29, 0.717) is 23.2 Å². The minimum atomic E-state index is -1.11. The fraction of sp³-hybridized carbons (Fsp3) is 0.474. The van der Waals surface area contributed by atoms with Crippen LogP contribution in [0, 0.1) is 0 Å². The van der Waals surface area contributed by atoms with Crippen LogP contribution in [0.4, 0.5) is 4.79 Å². The van der Waals surface area contributed by atoms with E-state index in [9.17, 15) is 14.7 Å². The Morgan fingerprint density at radius 3 is 2.61 bits per heavy atom. The van der Waals surface area contributed by atoms with Crippen molar-refractivity contribution >= 4 is 23.8 Å². The number of rotatable bonds is 9. The highest BCUT2D eigenvalue weighted by Crippen LogP contribution is 2.20. The predicted octanol–water partition coefficient (Wildman–Crippen LogP) is 3.37. The fourth-order valence-electron chi connectivity index (χ4n) is 2.14. The molecule has 0 fully saturated rings. The summed E-state index contributed by atoms with van der Waals surface area (Å²) < 4.78 is 10.3. The SMILES string of the molecule is CC(C)(C)c1noc(CSCCC(NC(=O)OCc2ccccc2)C(=O)O)n1. The second kappa shape index (κ2) is 10.1. The second-order valence-electron chi connectivity index (χ2n) is 7.20. The van der Waals surface area contributed by atoms with E-state index in [1.807, 2.05) is 51.1 Å². The molecule has 2 aromatic rings. The van der Waals surface area contributed by atoms with E-state index in [4.69, 9.17) is 9.26 Å². The maximum absolute atomic E-state index is 11.8. The molecule has 1 unspecified atom stereocenters. The number of amides is 1. The Hall–Kier alpha value is -2.55. The lowest BCUT2D eigenvalue weighted by Crippen LogP contribution is -2.41. The number of nitrogens with zero attached hydrogens (tertiary/aromatic N) is 2. The molecule has 0 bridgehead atoms. The molecule has 1 aromatic carbocycles. The lowest BCUT2D eigenvalue weighted by atomic mass is 9.96. The Morgan fingerprint density at radius 1 is 1.29 bits per heavy atom. The number of carboxylic acids is 1. The molecule has 9 heteroatoms. The van der Waals surface area contributed by atoms with Gasteiger partial charge >= 0.3 is 12.1 Å². The smallest absolute Gasteiger partial charge is 0.408 e. The van der Waals surface area contributed by atoms with Gasteiger partial charge in [0.05, 0.1) is 5.75 Å². The van der Waals surface area contributed by atoms with Crippen LogP contribution in [-0.2, 0) is 27.3 Å². The lowest BCUT2D eigenvalue weighted by molar-refractivity contribution is -0.139. The van der Waals surface area contributed by atoms with Crippen molar-refractivity contribution < 1.29 is 24.0 Å². The minimum absolute atomic E-state index is 0.0844. The molecular weight excluding hydrogens is 382 g/mol. The third-order valence-corrected chi connectivity index (χ3v) is 4.69. The zero-order chi connectivity index (χ0) is 20.6. The molecule has 28 heavy (non-hydrogen) atoms. The number of nitrogens with one attached hydrogen (secondary N) is 1. The summed E-state index contributed by atoms with van der Waals surface area (Å²) in [6.07, 6.45) is -0.506. The largest absolute Gasteiger partial charge is 0.480 e. The summed E-state index contributed by atoms with van der Waals surface area (Å²) >= 11 is 1.46. The summed E-state index contributed by atoms with van der Waals surface area (Å²) in [5.74, 6) is 1.01. The van der Waals surface area contributed by atoms with Crippen LogP contribution in [0.1, 0.15) is 44.5 Å². The Kier molecular flexibility index (Phi) is 7.86. The third kappa shape index (κ3) is 7.22. The van der Waals surface area contributed by atoms with Crippen molar-refractivity contribution in [3.63, 3.8) is 0 Å². The van der Waals surface area contributed by atoms with Crippen molar-refractivity contribution in [1.82, 2.24) is 15.5 Å². The van der Waals surface area contributed by atoms with Crippen LogP contribution < -0.4 is 5.32 Å². The molecule has 1 aromatic heterocycles. The monoisotopic (exact) mass is 407 g/mol. The standard InChI is InChI=1S/C19H25N3O5S/c1-19(2,3)17-21-15(27-22-17)12-28-10-9-14(16(23)24)20-18(25)26-11-13-7-5-4-6-8-13/h4-8,14H,9-12H2,1-3H3,(H,20,25)(H,23,24). The third-order valence-electron chi connectivity index (χ3n) is 3.72. The van der Waals surface area contributed by atoms with Crippen molar-refractivity contribution in [2.24, 2.45) is 0 Å². The zero-order valence-electron chi connectivity index (χ0n) is 16.2. The summed E-state index contributed by atoms with van der Waals surface area (Å²) in [6, 6.07) is 8.15. The van der Waals surface area contributed by atoms with Gasteiger partial charge in [0.1, 0.15) is 12.6 Å². The maximum Gasteiger partial charge on any atom is 0.408 e. The maximum atomic E-state index is 11.8. The van der Waals surface area contributed by atoms with E-state index in [1.165, 1.54) is 11.8 Å². The van der Waals surface area contributed by atoms with Crippen LogP contribution in [0.25, 0.3) is 0 Å². The Morgan fingerprint density at radius 2 is 2.00 bits per heavy atom. The van der Waals surface area contributed by atoms with Crippen LogP contribution in [0.15, 0.2) is 34.9 Å². The first-order valence-electron chi connectivity index (χ1n) is 8.86. The van der Waals surface area contributed by atoms with Crippen LogP contribution in [-0.4, -0.2) is 39.1 Å². The molecule has 0 aliphatic rings. The fourth-order valence-corrected chi connectivity index (χ4v) is 2.98. The van der Waals surface area contributed by atoms with Gasteiger partial charge in [-0.25, -0.2) is 9.59 Å². The molecule has 8 nitrogen and oxygen atoms in total. The number of hydrogen-bond acceptors (Lipinski definition) is 7. The molecular formula is C19H25N3O5S. The summed E-state index contributed by atoms with van der Waals surface area (Å²) in [6.45, 7) is 6.07. The summed E-state index contributed by atoms with van der Waals surface area (Å²) in [4.78, 5) is 27.5. The molecule has 0 aliphatic heterocycles. The van der Waals surface area contributed by atoms with Gasteiger partial charge in [-0.15, -0.1) is 0 Å². The Bertz CT molecular complexity index is 773. The van der Waals surface area contributed by atoms with Gasteiger partial charge in [0, 0.05) is 5.41 Å². The van der Waals surface area contributed by atoms with E-state index in [0.717, 1.165) is 5.56 Å². The first kappa shape index (κ1) is 21.7. The predicted molar refractivity (Wildman–Crippen MR) is 105 cm³/mol. The number of hydrogen-bond donors (Lipinski definition) is 2. The van der Waals surface area contributed by atoms with Gasteiger partial charge in [0.2, 0.25) is 5.89 Å². The quantitative estimate of drug-likeness (QED) is 0.608. The van der Waals surface area contributed by atoms with Crippen molar-refractivity contribution in [3.8, 4) is 0 Å². The number of benzene rings is 1. The normalized spacial score (nSPS) is 12.4. The molecule has 1 amide bonds. The number of thioether (sulfide) groups is 1. The average molecular weight is 407 g/mol. The lowest BCUT2D eigenvalue weighted by Gasteiger charge is -2.14. The number of carbonyl (C=O) groups excluding carboxylic acids is 1. The van der Waals surface area contributed by atoms with Gasteiger partial charge in [0.15, 0.2) is 5.82 Å². The number of carboxylic acid groups (broad SMARTS) is 1. The highest BCUT2D eigenvalue weighted by Gasteiger charge is 2.22. The highest BCUT2D eigenvalue weighted by atomic mass is 32.2. The van der Waals surface area contributed by atoms with Crippen LogP contribution in [0.5, 0.6) is 0 Å². The number of aromatic nitrogens is 2. The van der Waals surface area contributed by atoms with E-state index >= 15 is 0 Å². The van der Waals surface area contributed by atoms with Crippen LogP contribution in [0.3, 0.4) is 0 Å². The van der Waals surface area contributed by atoms with Crippen LogP contribution >= 0.6 is 11.8 Å². The molecule has 0 saturated carbocycles. The molecule has 0 spiro atoms. The molecule has 0 saturated heterocycles. The second-order valence-corrected chi connectivity index (χ2v) is 8.31. The molecule has 0 radical (unpaired) electrons. The van der Waals surface area contributed by atoms with Gasteiger partial charge in [-0.1, -0.05) is 56.3 Å². The van der Waals surface area contributed by atoms with Gasteiger partial charge in [-0.3, -0.25) is 0 Å². The molecule has 2 rings (SSSR count). The van der Waals surface area contributed by atoms with E-state index in [2.05, 4.69) is 15.5 Å². The van der Waals surface area contributed by atoms with E-state index < -0.39 is 18.1 Å². The Balaban J connectivity index is 1.72. The summed E-state index contributed by atoms with van der Waals surface area (Å²) in [7, 11) is 0. The molecule has 1 atom stereocenters. The number of alkyl carbamates (subject to hydrolysis) is 1. The van der Waals surface area contributed by atoms with Crippen molar-refractivity contribution in [2.75, 3.05) is 5.75 Å². The van der Waals surface area contributed by atoms with Crippen molar-refractivity contribution in [2.45, 2.75) is 51.0 Å². The summed E-state index contributed by atoms with van der Waals surface area (Å²) in [5, 5.41) is 15.6. The topological polar surface area (TPSA) is 115 Å². The van der Waals surface area contributed by atoms with Gasteiger partial charge in [-0.2, -0.15) is 16.7 Å². The minimum Gasteiger partial charge on any atom is -0.480 e. The van der Waals surface area contributed by atoms with Gasteiger partial charge < -0.3 is 19.7 Å². The molecule has 152 valence electrons. The molecule has 1 heterocycles. The van der Waals surface area contributed by atoms with Crippen molar-refractivity contribution in [1.29, 1.82) is 0 Å². The van der Waals surface area contributed by atoms with E-state index in [-0.39, 0.29) is 18.4 Å². The zero-order valence-corrected chi connectivity index (χ0v) is 17.0. The highest BCUT2D eigenvalue weighted by molar-refractivity contribution is 7.98. The van der Waals surface area contributed by atoms with Gasteiger partial charge in [-0.05, 0) is 17.7 Å². The molecule has 2 N–H and O–H groups in total. The number of carbonyl (C=O) groups is 2. The summed E-state index contributed by atoms with van der Waals surface area (Å²) in [5.41, 5.74) is 0.638. The first-order chi connectivity index (χ1) is 13.3. The van der Waals surface area contributed by atoms with Gasteiger partial charge in [0.25, 0.3) is 0 Å². The van der Waals surface area contributed by atoms with E-state index in [1.54, 1.807) is 0 Å². The Labute approximate surface area is 168 Å². The molecule has 0 aliphatic carbocycles.